The molecule has 0 saturated carbocycles. The summed E-state index contributed by atoms with van der Waals surface area (Å²) >= 11 is 0. The minimum absolute atomic E-state index is 0. The van der Waals surface area contributed by atoms with Gasteiger partial charge < -0.3 is 24.8 Å². The van der Waals surface area contributed by atoms with Crippen LogP contribution in [0.1, 0.15) is 24.4 Å². The van der Waals surface area contributed by atoms with E-state index in [0.717, 1.165) is 36.9 Å². The number of para-hydroxylation sites is 2. The second kappa shape index (κ2) is 11.5. The number of ether oxygens (including phenoxy) is 3. The van der Waals surface area contributed by atoms with E-state index in [4.69, 9.17) is 14.2 Å². The molecule has 160 valence electrons. The summed E-state index contributed by atoms with van der Waals surface area (Å²) in [4.78, 5) is 0. The molecule has 1 fully saturated rings. The Bertz CT molecular complexity index is 739. The van der Waals surface area contributed by atoms with Gasteiger partial charge in [0, 0.05) is 12.6 Å². The van der Waals surface area contributed by atoms with Crippen LogP contribution < -0.4 is 24.8 Å². The Labute approximate surface area is 185 Å². The van der Waals surface area contributed by atoms with Gasteiger partial charge in [-0.2, -0.15) is 0 Å². The molecule has 2 atom stereocenters. The van der Waals surface area contributed by atoms with E-state index >= 15 is 0 Å². The minimum Gasteiger partial charge on any atom is -0.497 e. The lowest BCUT2D eigenvalue weighted by molar-refractivity contribution is 0.0850. The fourth-order valence-electron chi connectivity index (χ4n) is 3.97. The summed E-state index contributed by atoms with van der Waals surface area (Å²) < 4.78 is 17.3. The summed E-state index contributed by atoms with van der Waals surface area (Å²) in [6.07, 6.45) is 2.37. The maximum absolute atomic E-state index is 6.12. The zero-order valence-electron chi connectivity index (χ0n) is 16.6. The molecule has 2 heterocycles. The highest BCUT2D eigenvalue weighted by Gasteiger charge is 2.27. The molecular formula is C22H30Cl2N2O3. The molecule has 1 saturated heterocycles. The molecule has 0 aliphatic carbocycles. The first kappa shape index (κ1) is 23.6. The summed E-state index contributed by atoms with van der Waals surface area (Å²) in [5, 5.41) is 7.23. The van der Waals surface area contributed by atoms with E-state index in [1.54, 1.807) is 7.11 Å². The normalized spacial score (nSPS) is 19.4. The molecule has 5 nitrogen and oxygen atoms in total. The molecular weight excluding hydrogens is 411 g/mol. The van der Waals surface area contributed by atoms with Crippen molar-refractivity contribution in [1.29, 1.82) is 0 Å². The van der Waals surface area contributed by atoms with E-state index in [1.165, 1.54) is 18.4 Å². The first-order valence-corrected chi connectivity index (χ1v) is 9.80. The van der Waals surface area contributed by atoms with Crippen LogP contribution in [0.4, 0.5) is 0 Å². The van der Waals surface area contributed by atoms with Gasteiger partial charge in [-0.05, 0) is 61.7 Å². The van der Waals surface area contributed by atoms with Crippen molar-refractivity contribution in [3.05, 3.63) is 54.1 Å². The van der Waals surface area contributed by atoms with Crippen LogP contribution in [0.2, 0.25) is 0 Å². The zero-order chi connectivity index (χ0) is 18.5. The van der Waals surface area contributed by atoms with Crippen molar-refractivity contribution in [3.8, 4) is 17.2 Å². The molecule has 4 rings (SSSR count). The highest BCUT2D eigenvalue weighted by atomic mass is 35.5. The van der Waals surface area contributed by atoms with Crippen LogP contribution in [0.25, 0.3) is 0 Å². The third-order valence-corrected chi connectivity index (χ3v) is 5.46. The molecule has 2 aliphatic rings. The number of nitrogens with one attached hydrogen (secondary N) is 2. The van der Waals surface area contributed by atoms with Crippen LogP contribution in [-0.4, -0.2) is 39.5 Å². The molecule has 0 amide bonds. The van der Waals surface area contributed by atoms with Crippen molar-refractivity contribution < 1.29 is 14.2 Å². The maximum Gasteiger partial charge on any atom is 0.161 e. The van der Waals surface area contributed by atoms with Gasteiger partial charge in [-0.3, -0.25) is 0 Å². The SMILES string of the molecule is COc1ccc(C(NCC2COc3ccccc3O2)C2CCNCC2)cc1.Cl.Cl. The number of hydrogen-bond donors (Lipinski definition) is 2. The fourth-order valence-corrected chi connectivity index (χ4v) is 3.97. The molecule has 0 bridgehead atoms. The van der Waals surface area contributed by atoms with Crippen molar-refractivity contribution in [2.24, 2.45) is 5.92 Å². The molecule has 0 aromatic heterocycles. The highest BCUT2D eigenvalue weighted by Crippen LogP contribution is 2.32. The van der Waals surface area contributed by atoms with Crippen LogP contribution in [0.3, 0.4) is 0 Å². The Hall–Kier alpha value is -1.66. The Morgan fingerprint density at radius 3 is 2.41 bits per heavy atom. The standard InChI is InChI=1S/C22H28N2O3.2ClH/c1-25-18-8-6-16(7-9-18)22(17-10-12-23-13-11-17)24-14-19-15-26-20-4-2-3-5-21(20)27-19;;/h2-9,17,19,22-24H,10-15H2,1H3;2*1H. The molecule has 2 aromatic carbocycles. The Kier molecular flexibility index (Phi) is 9.37. The van der Waals surface area contributed by atoms with Gasteiger partial charge in [0.05, 0.1) is 7.11 Å². The molecule has 0 spiro atoms. The van der Waals surface area contributed by atoms with Gasteiger partial charge in [-0.1, -0.05) is 24.3 Å². The molecule has 2 aromatic rings. The van der Waals surface area contributed by atoms with Crippen LogP contribution in [0.5, 0.6) is 17.2 Å². The second-order valence-corrected chi connectivity index (χ2v) is 7.24. The van der Waals surface area contributed by atoms with Crippen LogP contribution in [-0.2, 0) is 0 Å². The highest BCUT2D eigenvalue weighted by molar-refractivity contribution is 5.85. The molecule has 7 heteroatoms. The van der Waals surface area contributed by atoms with Gasteiger partial charge >= 0.3 is 0 Å². The van der Waals surface area contributed by atoms with E-state index in [2.05, 4.69) is 22.8 Å². The van der Waals surface area contributed by atoms with Crippen molar-refractivity contribution >= 4 is 24.8 Å². The van der Waals surface area contributed by atoms with E-state index in [0.29, 0.717) is 18.6 Å². The minimum atomic E-state index is 0. The molecule has 2 N–H and O–H groups in total. The van der Waals surface area contributed by atoms with E-state index in [-0.39, 0.29) is 30.9 Å². The first-order chi connectivity index (χ1) is 13.3. The number of benzene rings is 2. The van der Waals surface area contributed by atoms with E-state index in [9.17, 15) is 0 Å². The van der Waals surface area contributed by atoms with E-state index in [1.807, 2.05) is 36.4 Å². The smallest absolute Gasteiger partial charge is 0.161 e. The summed E-state index contributed by atoms with van der Waals surface area (Å²) in [6, 6.07) is 16.6. The van der Waals surface area contributed by atoms with Crippen molar-refractivity contribution in [2.45, 2.75) is 25.0 Å². The second-order valence-electron chi connectivity index (χ2n) is 7.24. The van der Waals surface area contributed by atoms with Crippen LogP contribution >= 0.6 is 24.8 Å². The fraction of sp³-hybridized carbons (Fsp3) is 0.455. The van der Waals surface area contributed by atoms with Gasteiger partial charge in [0.15, 0.2) is 11.5 Å². The predicted molar refractivity (Wildman–Crippen MR) is 120 cm³/mol. The molecule has 2 unspecified atom stereocenters. The van der Waals surface area contributed by atoms with Gasteiger partial charge in [-0.25, -0.2) is 0 Å². The molecule has 0 radical (unpaired) electrons. The Morgan fingerprint density at radius 1 is 1.03 bits per heavy atom. The Balaban J connectivity index is 0.00000150. The van der Waals surface area contributed by atoms with Gasteiger partial charge in [0.1, 0.15) is 18.5 Å². The number of fused-ring (bicyclic) bond motifs is 1. The van der Waals surface area contributed by atoms with Gasteiger partial charge in [0.2, 0.25) is 0 Å². The number of halogens is 2. The quantitative estimate of drug-likeness (QED) is 0.710. The summed E-state index contributed by atoms with van der Waals surface area (Å²) in [7, 11) is 1.70. The van der Waals surface area contributed by atoms with E-state index < -0.39 is 0 Å². The Morgan fingerprint density at radius 2 is 1.72 bits per heavy atom. The zero-order valence-corrected chi connectivity index (χ0v) is 18.3. The molecule has 2 aliphatic heterocycles. The third-order valence-electron chi connectivity index (χ3n) is 5.46. The monoisotopic (exact) mass is 440 g/mol. The van der Waals surface area contributed by atoms with Crippen molar-refractivity contribution in [1.82, 2.24) is 10.6 Å². The topological polar surface area (TPSA) is 51.8 Å². The largest absolute Gasteiger partial charge is 0.497 e. The van der Waals surface area contributed by atoms with Gasteiger partial charge in [0.25, 0.3) is 0 Å². The third kappa shape index (κ3) is 5.92. The van der Waals surface area contributed by atoms with Crippen LogP contribution in [0.15, 0.2) is 48.5 Å². The van der Waals surface area contributed by atoms with Crippen molar-refractivity contribution in [2.75, 3.05) is 33.4 Å². The lowest BCUT2D eigenvalue weighted by Crippen LogP contribution is -2.43. The number of methoxy groups -OCH3 is 1. The number of hydrogen-bond acceptors (Lipinski definition) is 5. The maximum atomic E-state index is 6.12. The molecule has 29 heavy (non-hydrogen) atoms. The van der Waals surface area contributed by atoms with Crippen molar-refractivity contribution in [3.63, 3.8) is 0 Å². The van der Waals surface area contributed by atoms with Gasteiger partial charge in [-0.15, -0.1) is 24.8 Å². The van der Waals surface area contributed by atoms with Crippen LogP contribution in [0, 0.1) is 5.92 Å². The summed E-state index contributed by atoms with van der Waals surface area (Å²) in [6.45, 7) is 3.49. The summed E-state index contributed by atoms with van der Waals surface area (Å²) in [5.74, 6) is 3.16. The predicted octanol–water partition coefficient (Wildman–Crippen LogP) is 4.01. The number of rotatable bonds is 6. The lowest BCUT2D eigenvalue weighted by atomic mass is 9.86. The average molecular weight is 441 g/mol. The summed E-state index contributed by atoms with van der Waals surface area (Å²) in [5.41, 5.74) is 1.31. The average Bonchev–Trinajstić information content (AvgIpc) is 2.75. The lowest BCUT2D eigenvalue weighted by Gasteiger charge is -2.34. The number of piperidine rings is 1. The first-order valence-electron chi connectivity index (χ1n) is 9.80.